The Labute approximate surface area is 125 Å². The summed E-state index contributed by atoms with van der Waals surface area (Å²) in [6, 6.07) is 4.46. The molecule has 5 nitrogen and oxygen atoms in total. The lowest BCUT2D eigenvalue weighted by Crippen LogP contribution is -2.42. The number of alkyl halides is 3. The Bertz CT molecular complexity index is 559. The average molecular weight is 318 g/mol. The zero-order chi connectivity index (χ0) is 16.9. The summed E-state index contributed by atoms with van der Waals surface area (Å²) in [5.74, 6) is -1.90. The summed E-state index contributed by atoms with van der Waals surface area (Å²) in [5.41, 5.74) is 0.926. The molecule has 22 heavy (non-hydrogen) atoms. The van der Waals surface area contributed by atoms with Crippen molar-refractivity contribution in [2.45, 2.75) is 32.9 Å². The van der Waals surface area contributed by atoms with Crippen LogP contribution in [0.4, 0.5) is 18.9 Å². The summed E-state index contributed by atoms with van der Waals surface area (Å²) in [6.45, 7) is 3.74. The summed E-state index contributed by atoms with van der Waals surface area (Å²) < 4.78 is 37.2. The van der Waals surface area contributed by atoms with E-state index in [9.17, 15) is 28.1 Å². The summed E-state index contributed by atoms with van der Waals surface area (Å²) >= 11 is 0. The number of amides is 1. The number of carbonyl (C=O) groups is 1. The third kappa shape index (κ3) is 3.96. The van der Waals surface area contributed by atoms with Crippen LogP contribution >= 0.6 is 0 Å². The zero-order valence-corrected chi connectivity index (χ0v) is 12.3. The zero-order valence-electron chi connectivity index (χ0n) is 12.3. The molecule has 1 aromatic carbocycles. The van der Waals surface area contributed by atoms with Crippen molar-refractivity contribution < 1.29 is 22.9 Å². The van der Waals surface area contributed by atoms with Gasteiger partial charge in [0.05, 0.1) is 4.92 Å². The largest absolute Gasteiger partial charge is 0.471 e. The molecule has 1 aliphatic rings. The summed E-state index contributed by atoms with van der Waals surface area (Å²) in [7, 11) is 0. The lowest BCUT2D eigenvalue weighted by molar-refractivity contribution is -0.385. The first-order chi connectivity index (χ1) is 10.3. The molecule has 1 amide bonds. The number of hydrogen-bond acceptors (Lipinski definition) is 3. The highest BCUT2D eigenvalue weighted by Crippen LogP contribution is 2.27. The standard InChI is InChI=1S/C12H11F3N2O3.C2H6/c13-12(14,15)11(18)16-6-4-8-2-1-3-10(17(19)20)9(8)5-7-16;1-2/h1-3H,4-7H2;1-2H3. The second-order valence-electron chi connectivity index (χ2n) is 4.46. The summed E-state index contributed by atoms with van der Waals surface area (Å²) in [5, 5.41) is 10.9. The molecule has 0 unspecified atom stereocenters. The van der Waals surface area contributed by atoms with Gasteiger partial charge >= 0.3 is 12.1 Å². The van der Waals surface area contributed by atoms with Crippen molar-refractivity contribution in [3.8, 4) is 0 Å². The molecular formula is C14H17F3N2O3. The van der Waals surface area contributed by atoms with E-state index in [0.29, 0.717) is 16.0 Å². The Morgan fingerprint density at radius 1 is 1.23 bits per heavy atom. The van der Waals surface area contributed by atoms with Gasteiger partial charge in [0.2, 0.25) is 0 Å². The predicted octanol–water partition coefficient (Wildman–Crippen LogP) is 3.11. The smallest absolute Gasteiger partial charge is 0.334 e. The van der Waals surface area contributed by atoms with Crippen LogP contribution in [0.15, 0.2) is 18.2 Å². The molecule has 0 saturated heterocycles. The van der Waals surface area contributed by atoms with Crippen molar-refractivity contribution in [2.75, 3.05) is 13.1 Å². The van der Waals surface area contributed by atoms with Crippen LogP contribution in [0.1, 0.15) is 25.0 Å². The van der Waals surface area contributed by atoms with Crippen LogP contribution in [0.2, 0.25) is 0 Å². The highest BCUT2D eigenvalue weighted by atomic mass is 19.4. The quantitative estimate of drug-likeness (QED) is 0.590. The molecule has 8 heteroatoms. The van der Waals surface area contributed by atoms with Crippen molar-refractivity contribution in [1.29, 1.82) is 0 Å². The number of nitro benzene ring substituents is 1. The van der Waals surface area contributed by atoms with E-state index in [2.05, 4.69) is 0 Å². The van der Waals surface area contributed by atoms with Crippen LogP contribution in [-0.2, 0) is 17.6 Å². The number of nitro groups is 1. The van der Waals surface area contributed by atoms with Gasteiger partial charge < -0.3 is 4.90 Å². The number of carbonyl (C=O) groups excluding carboxylic acids is 1. The topological polar surface area (TPSA) is 63.5 Å². The minimum absolute atomic E-state index is 0.0499. The molecule has 0 fully saturated rings. The SMILES string of the molecule is CC.O=C(N1CCc2cccc([N+](=O)[O-])c2CC1)C(F)(F)F. The molecule has 0 aromatic heterocycles. The fourth-order valence-electron chi connectivity index (χ4n) is 2.31. The van der Waals surface area contributed by atoms with Gasteiger partial charge in [-0.1, -0.05) is 26.0 Å². The maximum Gasteiger partial charge on any atom is 0.471 e. The van der Waals surface area contributed by atoms with Crippen molar-refractivity contribution in [2.24, 2.45) is 0 Å². The number of nitrogens with zero attached hydrogens (tertiary/aromatic N) is 2. The summed E-state index contributed by atoms with van der Waals surface area (Å²) in [6.07, 6.45) is -4.68. The first-order valence-electron chi connectivity index (χ1n) is 6.92. The molecular weight excluding hydrogens is 301 g/mol. The first kappa shape index (κ1) is 17.9. The van der Waals surface area contributed by atoms with Gasteiger partial charge in [-0.25, -0.2) is 0 Å². The van der Waals surface area contributed by atoms with E-state index in [4.69, 9.17) is 0 Å². The molecule has 0 aliphatic carbocycles. The van der Waals surface area contributed by atoms with Crippen LogP contribution in [0, 0.1) is 10.1 Å². The fourth-order valence-corrected chi connectivity index (χ4v) is 2.31. The minimum atomic E-state index is -4.91. The van der Waals surface area contributed by atoms with Crippen LogP contribution in [-0.4, -0.2) is 35.0 Å². The van der Waals surface area contributed by atoms with E-state index in [1.807, 2.05) is 13.8 Å². The molecule has 1 aromatic rings. The molecule has 0 spiro atoms. The van der Waals surface area contributed by atoms with Crippen molar-refractivity contribution in [1.82, 2.24) is 4.90 Å². The second-order valence-corrected chi connectivity index (χ2v) is 4.46. The van der Waals surface area contributed by atoms with Crippen molar-refractivity contribution in [3.05, 3.63) is 39.4 Å². The van der Waals surface area contributed by atoms with E-state index in [0.717, 1.165) is 0 Å². The molecule has 0 radical (unpaired) electrons. The number of halogens is 3. The van der Waals surface area contributed by atoms with Crippen molar-refractivity contribution in [3.63, 3.8) is 0 Å². The number of hydrogen-bond donors (Lipinski definition) is 0. The molecule has 0 N–H and O–H groups in total. The highest BCUT2D eigenvalue weighted by Gasteiger charge is 2.42. The summed E-state index contributed by atoms with van der Waals surface area (Å²) in [4.78, 5) is 22.3. The van der Waals surface area contributed by atoms with Crippen LogP contribution < -0.4 is 0 Å². The van der Waals surface area contributed by atoms with Crippen LogP contribution in [0.5, 0.6) is 0 Å². The number of rotatable bonds is 1. The van der Waals surface area contributed by atoms with E-state index in [1.54, 1.807) is 6.07 Å². The maximum absolute atomic E-state index is 12.4. The Morgan fingerprint density at radius 2 is 1.82 bits per heavy atom. The van der Waals surface area contributed by atoms with Crippen molar-refractivity contribution >= 4 is 11.6 Å². The Morgan fingerprint density at radius 3 is 2.36 bits per heavy atom. The van der Waals surface area contributed by atoms with Gasteiger partial charge in [0.25, 0.3) is 5.69 Å². The third-order valence-corrected chi connectivity index (χ3v) is 3.26. The highest BCUT2D eigenvalue weighted by molar-refractivity contribution is 5.82. The molecule has 1 heterocycles. The van der Waals surface area contributed by atoms with Gasteiger partial charge in [0, 0.05) is 24.7 Å². The fraction of sp³-hybridized carbons (Fsp3) is 0.500. The van der Waals surface area contributed by atoms with Gasteiger partial charge in [0.1, 0.15) is 0 Å². The third-order valence-electron chi connectivity index (χ3n) is 3.26. The lowest BCUT2D eigenvalue weighted by atomic mass is 10.0. The van der Waals surface area contributed by atoms with Gasteiger partial charge in [-0.05, 0) is 18.4 Å². The lowest BCUT2D eigenvalue weighted by Gasteiger charge is -2.21. The molecule has 0 bridgehead atoms. The van der Waals surface area contributed by atoms with Gasteiger partial charge in [-0.2, -0.15) is 13.2 Å². The monoisotopic (exact) mass is 318 g/mol. The minimum Gasteiger partial charge on any atom is -0.334 e. The molecule has 0 atom stereocenters. The van der Waals surface area contributed by atoms with Crippen LogP contribution in [0.25, 0.3) is 0 Å². The molecule has 0 saturated carbocycles. The normalized spacial score (nSPS) is 14.3. The number of fused-ring (bicyclic) bond motifs is 1. The van der Waals surface area contributed by atoms with E-state index in [1.165, 1.54) is 12.1 Å². The maximum atomic E-state index is 12.4. The molecule has 1 aliphatic heterocycles. The predicted molar refractivity (Wildman–Crippen MR) is 74.5 cm³/mol. The Hall–Kier alpha value is -2.12. The Kier molecular flexibility index (Phi) is 5.90. The molecule has 2 rings (SSSR count). The van der Waals surface area contributed by atoms with E-state index < -0.39 is 17.0 Å². The van der Waals surface area contributed by atoms with Gasteiger partial charge in [-0.3, -0.25) is 14.9 Å². The molecule has 122 valence electrons. The van der Waals surface area contributed by atoms with E-state index >= 15 is 0 Å². The van der Waals surface area contributed by atoms with Crippen LogP contribution in [0.3, 0.4) is 0 Å². The Balaban J connectivity index is 0.00000116. The first-order valence-corrected chi connectivity index (χ1v) is 6.92. The van der Waals surface area contributed by atoms with E-state index in [-0.39, 0.29) is 31.6 Å². The van der Waals surface area contributed by atoms with Gasteiger partial charge in [-0.15, -0.1) is 0 Å². The average Bonchev–Trinajstić information content (AvgIpc) is 2.69. The van der Waals surface area contributed by atoms with Gasteiger partial charge in [0.15, 0.2) is 0 Å². The number of benzene rings is 1. The second kappa shape index (κ2) is 7.24.